The maximum atomic E-state index is 12.4. The number of nitrogens with one attached hydrogen (secondary N) is 1. The molecule has 0 spiro atoms. The molecule has 0 aliphatic rings. The van der Waals surface area contributed by atoms with Gasteiger partial charge in [0.1, 0.15) is 11.3 Å². The second-order valence-corrected chi connectivity index (χ2v) is 6.41. The van der Waals surface area contributed by atoms with Crippen LogP contribution in [0.15, 0.2) is 46.9 Å². The Morgan fingerprint density at radius 3 is 2.62 bits per heavy atom. The standard InChI is InChI=1S/C22H21NO6/c1-4-27-17-8-9-19-18(11-17)13(2)21(29-19)22(26)28-12-20(25)23-16-7-5-6-15(10-16)14(3)24/h5-11H,4,12H2,1-3H3,(H,23,25). The van der Waals surface area contributed by atoms with E-state index < -0.39 is 18.5 Å². The molecule has 0 aliphatic heterocycles. The normalized spacial score (nSPS) is 10.6. The molecule has 7 heteroatoms. The van der Waals surface area contributed by atoms with E-state index in [2.05, 4.69) is 5.32 Å². The lowest BCUT2D eigenvalue weighted by molar-refractivity contribution is -0.119. The number of esters is 1. The molecule has 0 fully saturated rings. The van der Waals surface area contributed by atoms with Crippen LogP contribution < -0.4 is 10.1 Å². The summed E-state index contributed by atoms with van der Waals surface area (Å²) in [5.41, 5.74) is 2.07. The number of benzene rings is 2. The van der Waals surface area contributed by atoms with Gasteiger partial charge in [0.15, 0.2) is 12.4 Å². The highest BCUT2D eigenvalue weighted by Gasteiger charge is 2.20. The van der Waals surface area contributed by atoms with E-state index in [-0.39, 0.29) is 11.5 Å². The molecule has 1 heterocycles. The van der Waals surface area contributed by atoms with Crippen LogP contribution in [0, 0.1) is 6.92 Å². The Hall–Kier alpha value is -3.61. The highest BCUT2D eigenvalue weighted by atomic mass is 16.5. The molecule has 1 aromatic heterocycles. The molecule has 150 valence electrons. The summed E-state index contributed by atoms with van der Waals surface area (Å²) >= 11 is 0. The summed E-state index contributed by atoms with van der Waals surface area (Å²) in [4.78, 5) is 35.9. The van der Waals surface area contributed by atoms with E-state index in [1.165, 1.54) is 6.92 Å². The SMILES string of the molecule is CCOc1ccc2oc(C(=O)OCC(=O)Nc3cccc(C(C)=O)c3)c(C)c2c1. The van der Waals surface area contributed by atoms with Gasteiger partial charge in [-0.05, 0) is 51.1 Å². The van der Waals surface area contributed by atoms with Gasteiger partial charge in [-0.1, -0.05) is 12.1 Å². The number of fused-ring (bicyclic) bond motifs is 1. The number of hydrogen-bond donors (Lipinski definition) is 1. The number of rotatable bonds is 7. The maximum Gasteiger partial charge on any atom is 0.375 e. The lowest BCUT2D eigenvalue weighted by atomic mass is 10.1. The first-order chi connectivity index (χ1) is 13.9. The molecule has 3 rings (SSSR count). The zero-order chi connectivity index (χ0) is 21.0. The quantitative estimate of drug-likeness (QED) is 0.477. The van der Waals surface area contributed by atoms with Crippen molar-refractivity contribution in [2.75, 3.05) is 18.5 Å². The van der Waals surface area contributed by atoms with Gasteiger partial charge >= 0.3 is 5.97 Å². The molecule has 29 heavy (non-hydrogen) atoms. The average Bonchev–Trinajstić information content (AvgIpc) is 3.03. The van der Waals surface area contributed by atoms with E-state index in [0.29, 0.717) is 34.8 Å². The van der Waals surface area contributed by atoms with Crippen molar-refractivity contribution in [1.29, 1.82) is 0 Å². The van der Waals surface area contributed by atoms with Crippen molar-refractivity contribution in [1.82, 2.24) is 0 Å². The van der Waals surface area contributed by atoms with Crippen molar-refractivity contribution in [3.05, 3.63) is 59.4 Å². The van der Waals surface area contributed by atoms with Crippen LogP contribution in [0.25, 0.3) is 11.0 Å². The number of ketones is 1. The molecule has 0 radical (unpaired) electrons. The molecule has 0 aliphatic carbocycles. The fourth-order valence-corrected chi connectivity index (χ4v) is 2.86. The van der Waals surface area contributed by atoms with Gasteiger partial charge in [0.25, 0.3) is 5.91 Å². The van der Waals surface area contributed by atoms with E-state index in [4.69, 9.17) is 13.9 Å². The number of Topliss-reactive ketones (excluding diaryl/α,β-unsaturated/α-hetero) is 1. The zero-order valence-electron chi connectivity index (χ0n) is 16.4. The minimum Gasteiger partial charge on any atom is -0.494 e. The Labute approximate surface area is 167 Å². The number of ether oxygens (including phenoxy) is 2. The predicted molar refractivity (Wildman–Crippen MR) is 107 cm³/mol. The summed E-state index contributed by atoms with van der Waals surface area (Å²) < 4.78 is 16.1. The minimum absolute atomic E-state index is 0.0417. The number of hydrogen-bond acceptors (Lipinski definition) is 6. The Morgan fingerprint density at radius 1 is 1.10 bits per heavy atom. The summed E-state index contributed by atoms with van der Waals surface area (Å²) in [6, 6.07) is 11.8. The smallest absolute Gasteiger partial charge is 0.375 e. The van der Waals surface area contributed by atoms with Gasteiger partial charge < -0.3 is 19.2 Å². The lowest BCUT2D eigenvalue weighted by Crippen LogP contribution is -2.21. The average molecular weight is 395 g/mol. The molecule has 2 aromatic carbocycles. The van der Waals surface area contributed by atoms with Crippen molar-refractivity contribution in [2.45, 2.75) is 20.8 Å². The van der Waals surface area contributed by atoms with Gasteiger partial charge in [0, 0.05) is 22.2 Å². The molecule has 3 aromatic rings. The van der Waals surface area contributed by atoms with Gasteiger partial charge in [-0.2, -0.15) is 0 Å². The Morgan fingerprint density at radius 2 is 1.90 bits per heavy atom. The van der Waals surface area contributed by atoms with Crippen LogP contribution >= 0.6 is 0 Å². The van der Waals surface area contributed by atoms with E-state index in [0.717, 1.165) is 5.39 Å². The Balaban J connectivity index is 1.66. The van der Waals surface area contributed by atoms with E-state index in [1.54, 1.807) is 49.4 Å². The summed E-state index contributed by atoms with van der Waals surface area (Å²) in [5, 5.41) is 3.34. The van der Waals surface area contributed by atoms with E-state index in [1.807, 2.05) is 6.92 Å². The molecule has 1 N–H and O–H groups in total. The van der Waals surface area contributed by atoms with Crippen LogP contribution in [0.5, 0.6) is 5.75 Å². The van der Waals surface area contributed by atoms with E-state index >= 15 is 0 Å². The number of amides is 1. The summed E-state index contributed by atoms with van der Waals surface area (Å²) in [7, 11) is 0. The van der Waals surface area contributed by atoms with Gasteiger partial charge in [-0.15, -0.1) is 0 Å². The second-order valence-electron chi connectivity index (χ2n) is 6.41. The van der Waals surface area contributed by atoms with Crippen molar-refractivity contribution >= 4 is 34.3 Å². The molecule has 0 unspecified atom stereocenters. The molecular formula is C22H21NO6. The molecule has 0 atom stereocenters. The van der Waals surface area contributed by atoms with Crippen LogP contribution in [-0.2, 0) is 9.53 Å². The number of carbonyl (C=O) groups is 3. The van der Waals surface area contributed by atoms with Crippen LogP contribution in [0.2, 0.25) is 0 Å². The lowest BCUT2D eigenvalue weighted by Gasteiger charge is -2.07. The number of carbonyl (C=O) groups excluding carboxylic acids is 3. The fraction of sp³-hybridized carbons (Fsp3) is 0.227. The first-order valence-corrected chi connectivity index (χ1v) is 9.13. The highest BCUT2D eigenvalue weighted by molar-refractivity contribution is 5.99. The first kappa shape index (κ1) is 20.1. The van der Waals surface area contributed by atoms with Crippen LogP contribution in [0.1, 0.15) is 40.3 Å². The van der Waals surface area contributed by atoms with Gasteiger partial charge in [0.2, 0.25) is 5.76 Å². The third-order valence-electron chi connectivity index (χ3n) is 4.29. The largest absolute Gasteiger partial charge is 0.494 e. The molecule has 0 saturated heterocycles. The summed E-state index contributed by atoms with van der Waals surface area (Å²) in [5.74, 6) is -0.646. The van der Waals surface area contributed by atoms with Gasteiger partial charge in [-0.3, -0.25) is 9.59 Å². The molecular weight excluding hydrogens is 374 g/mol. The van der Waals surface area contributed by atoms with Crippen LogP contribution in [-0.4, -0.2) is 30.9 Å². The summed E-state index contributed by atoms with van der Waals surface area (Å²) in [6.07, 6.45) is 0. The Kier molecular flexibility index (Phi) is 5.97. The zero-order valence-corrected chi connectivity index (χ0v) is 16.4. The highest BCUT2D eigenvalue weighted by Crippen LogP contribution is 2.29. The monoisotopic (exact) mass is 395 g/mol. The van der Waals surface area contributed by atoms with Gasteiger partial charge in [-0.25, -0.2) is 4.79 Å². The van der Waals surface area contributed by atoms with Crippen LogP contribution in [0.4, 0.5) is 5.69 Å². The number of aryl methyl sites for hydroxylation is 1. The summed E-state index contributed by atoms with van der Waals surface area (Å²) in [6.45, 7) is 5.11. The van der Waals surface area contributed by atoms with Crippen LogP contribution in [0.3, 0.4) is 0 Å². The molecule has 0 saturated carbocycles. The van der Waals surface area contributed by atoms with E-state index in [9.17, 15) is 14.4 Å². The molecule has 1 amide bonds. The van der Waals surface area contributed by atoms with Crippen molar-refractivity contribution in [3.8, 4) is 5.75 Å². The first-order valence-electron chi connectivity index (χ1n) is 9.13. The van der Waals surface area contributed by atoms with Gasteiger partial charge in [0.05, 0.1) is 6.61 Å². The third kappa shape index (κ3) is 4.63. The van der Waals surface area contributed by atoms with Crippen molar-refractivity contribution in [2.24, 2.45) is 0 Å². The topological polar surface area (TPSA) is 94.8 Å². The third-order valence-corrected chi connectivity index (χ3v) is 4.29. The fourth-order valence-electron chi connectivity index (χ4n) is 2.86. The Bertz CT molecular complexity index is 1080. The number of anilines is 1. The maximum absolute atomic E-state index is 12.4. The number of furan rings is 1. The minimum atomic E-state index is -0.732. The van der Waals surface area contributed by atoms with Crippen molar-refractivity contribution in [3.63, 3.8) is 0 Å². The molecule has 0 bridgehead atoms. The second kappa shape index (κ2) is 8.60. The molecule has 7 nitrogen and oxygen atoms in total. The van der Waals surface area contributed by atoms with Crippen molar-refractivity contribution < 1.29 is 28.3 Å². The predicted octanol–water partition coefficient (Wildman–Crippen LogP) is 4.14.